The molecule has 1 amide bonds. The average molecular weight is 462 g/mol. The third-order valence-corrected chi connectivity index (χ3v) is 6.13. The van der Waals surface area contributed by atoms with Gasteiger partial charge in [-0.15, -0.1) is 0 Å². The third kappa shape index (κ3) is 4.09. The molecule has 34 heavy (non-hydrogen) atoms. The monoisotopic (exact) mass is 461 g/mol. The molecular formula is C24H27N7O3. The van der Waals surface area contributed by atoms with E-state index in [4.69, 9.17) is 9.47 Å². The van der Waals surface area contributed by atoms with Crippen LogP contribution in [0.15, 0.2) is 30.9 Å². The summed E-state index contributed by atoms with van der Waals surface area (Å²) in [5.74, 6) is 2.22. The molecule has 10 heteroatoms. The van der Waals surface area contributed by atoms with Crippen LogP contribution in [-0.2, 0) is 4.74 Å². The highest BCUT2D eigenvalue weighted by molar-refractivity contribution is 5.83. The molecule has 176 valence electrons. The Morgan fingerprint density at radius 2 is 2.00 bits per heavy atom. The minimum atomic E-state index is -0.504. The van der Waals surface area contributed by atoms with Gasteiger partial charge in [0, 0.05) is 36.5 Å². The fourth-order valence-corrected chi connectivity index (χ4v) is 4.61. The number of amides is 1. The summed E-state index contributed by atoms with van der Waals surface area (Å²) < 4.78 is 12.7. The van der Waals surface area contributed by atoms with Crippen molar-refractivity contribution in [3.63, 3.8) is 0 Å². The fraction of sp³-hybridized carbons (Fsp3) is 0.458. The van der Waals surface area contributed by atoms with Crippen LogP contribution in [0.2, 0.25) is 0 Å². The SMILES string of the molecule is CCOc1cc(-c2cnc(N3C[C@@H]4C(NC(=O)OC(C)(C)C)[C@@H]4C3)cn2)c2c(C#N)cnn2c1. The number of hydrogen-bond donors (Lipinski definition) is 1. The van der Waals surface area contributed by atoms with E-state index in [1.54, 1.807) is 23.1 Å². The number of nitrogens with one attached hydrogen (secondary N) is 1. The summed E-state index contributed by atoms with van der Waals surface area (Å²) in [6, 6.07) is 4.20. The Labute approximate surface area is 197 Å². The number of pyridine rings is 1. The van der Waals surface area contributed by atoms with Gasteiger partial charge in [0.15, 0.2) is 0 Å². The van der Waals surface area contributed by atoms with Gasteiger partial charge in [0.25, 0.3) is 0 Å². The highest BCUT2D eigenvalue weighted by Gasteiger charge is 2.57. The minimum absolute atomic E-state index is 0.152. The molecule has 10 nitrogen and oxygen atoms in total. The van der Waals surface area contributed by atoms with Gasteiger partial charge >= 0.3 is 6.09 Å². The van der Waals surface area contributed by atoms with Crippen molar-refractivity contribution >= 4 is 17.4 Å². The number of alkyl carbamates (subject to hydrolysis) is 1. The number of nitriles is 1. The maximum absolute atomic E-state index is 12.0. The van der Waals surface area contributed by atoms with Gasteiger partial charge in [0.2, 0.25) is 0 Å². The molecule has 2 fully saturated rings. The van der Waals surface area contributed by atoms with Crippen LogP contribution in [0.1, 0.15) is 33.3 Å². The van der Waals surface area contributed by atoms with Gasteiger partial charge in [-0.05, 0) is 33.8 Å². The predicted molar refractivity (Wildman–Crippen MR) is 124 cm³/mol. The zero-order valence-corrected chi connectivity index (χ0v) is 19.6. The molecule has 0 aromatic carbocycles. The average Bonchev–Trinajstić information content (AvgIpc) is 3.14. The Bertz CT molecular complexity index is 1260. The summed E-state index contributed by atoms with van der Waals surface area (Å²) in [6.45, 7) is 9.62. The van der Waals surface area contributed by atoms with Gasteiger partial charge in [-0.1, -0.05) is 0 Å². The number of piperidine rings is 1. The summed E-state index contributed by atoms with van der Waals surface area (Å²) in [4.78, 5) is 23.5. The van der Waals surface area contributed by atoms with Crippen molar-refractivity contribution < 1.29 is 14.3 Å². The Kier molecular flexibility index (Phi) is 5.27. The van der Waals surface area contributed by atoms with Gasteiger partial charge in [-0.25, -0.2) is 14.3 Å². The summed E-state index contributed by atoms with van der Waals surface area (Å²) in [5.41, 5.74) is 2.01. The molecule has 1 saturated heterocycles. The van der Waals surface area contributed by atoms with E-state index >= 15 is 0 Å². The number of carbonyl (C=O) groups is 1. The van der Waals surface area contributed by atoms with E-state index in [0.29, 0.717) is 41.0 Å². The number of carbonyl (C=O) groups excluding carboxylic acids is 1. The first kappa shape index (κ1) is 21.9. The zero-order valence-electron chi connectivity index (χ0n) is 19.6. The molecular weight excluding hydrogens is 434 g/mol. The molecule has 3 aromatic heterocycles. The molecule has 2 aliphatic rings. The topological polar surface area (TPSA) is 118 Å². The van der Waals surface area contributed by atoms with Crippen LogP contribution in [0.3, 0.4) is 0 Å². The number of hydrogen-bond acceptors (Lipinski definition) is 8. The van der Waals surface area contributed by atoms with E-state index in [1.165, 1.54) is 6.20 Å². The Morgan fingerprint density at radius 1 is 1.24 bits per heavy atom. The van der Waals surface area contributed by atoms with Crippen molar-refractivity contribution in [1.82, 2.24) is 24.9 Å². The molecule has 3 atom stereocenters. The van der Waals surface area contributed by atoms with Crippen LogP contribution in [0.4, 0.5) is 10.6 Å². The van der Waals surface area contributed by atoms with Gasteiger partial charge < -0.3 is 19.7 Å². The van der Waals surface area contributed by atoms with E-state index < -0.39 is 5.60 Å². The quantitative estimate of drug-likeness (QED) is 0.616. The Balaban J connectivity index is 1.30. The van der Waals surface area contributed by atoms with Crippen LogP contribution in [0, 0.1) is 23.2 Å². The second-order valence-corrected chi connectivity index (χ2v) is 9.65. The second kappa shape index (κ2) is 8.17. The zero-order chi connectivity index (χ0) is 24.0. The second-order valence-electron chi connectivity index (χ2n) is 9.65. The fourth-order valence-electron chi connectivity index (χ4n) is 4.61. The molecule has 1 aliphatic carbocycles. The standard InChI is InChI=1S/C24H27N7O3/c1-5-33-15-6-16(22-14(7-25)8-28-31(22)11-15)19-9-27-20(10-26-19)30-12-17-18(13-30)21(17)29-23(32)34-24(2,3)4/h6,8-11,17-18,21H,5,12-13H2,1-4H3,(H,29,32)/t17-,18+,21?. The summed E-state index contributed by atoms with van der Waals surface area (Å²) >= 11 is 0. The van der Waals surface area contributed by atoms with Crippen LogP contribution in [0.25, 0.3) is 16.8 Å². The number of ether oxygens (including phenoxy) is 2. The smallest absolute Gasteiger partial charge is 0.407 e. The van der Waals surface area contributed by atoms with Gasteiger partial charge in [-0.2, -0.15) is 10.4 Å². The van der Waals surface area contributed by atoms with Crippen LogP contribution in [-0.4, -0.2) is 57.0 Å². The van der Waals surface area contributed by atoms with Gasteiger partial charge in [0.05, 0.1) is 48.2 Å². The maximum Gasteiger partial charge on any atom is 0.407 e. The first-order chi connectivity index (χ1) is 16.3. The number of anilines is 1. The Hall–Kier alpha value is -3.87. The summed E-state index contributed by atoms with van der Waals surface area (Å²) in [7, 11) is 0. The molecule has 5 rings (SSSR count). The van der Waals surface area contributed by atoms with Crippen molar-refractivity contribution in [1.29, 1.82) is 5.26 Å². The summed E-state index contributed by atoms with van der Waals surface area (Å²) in [5, 5.41) is 16.8. The molecule has 1 saturated carbocycles. The largest absolute Gasteiger partial charge is 0.492 e. The highest BCUT2D eigenvalue weighted by Crippen LogP contribution is 2.46. The lowest BCUT2D eigenvalue weighted by Crippen LogP contribution is -2.38. The van der Waals surface area contributed by atoms with Crippen LogP contribution < -0.4 is 15.0 Å². The van der Waals surface area contributed by atoms with Crippen LogP contribution in [0.5, 0.6) is 5.75 Å². The van der Waals surface area contributed by atoms with E-state index in [9.17, 15) is 10.1 Å². The Morgan fingerprint density at radius 3 is 2.62 bits per heavy atom. The molecule has 0 radical (unpaired) electrons. The van der Waals surface area contributed by atoms with Crippen molar-refractivity contribution in [2.24, 2.45) is 11.8 Å². The van der Waals surface area contributed by atoms with Crippen molar-refractivity contribution in [3.8, 4) is 23.1 Å². The number of nitrogens with zero attached hydrogens (tertiary/aromatic N) is 6. The van der Waals surface area contributed by atoms with E-state index in [2.05, 4.69) is 31.4 Å². The number of aromatic nitrogens is 4. The van der Waals surface area contributed by atoms with E-state index in [-0.39, 0.29) is 12.1 Å². The van der Waals surface area contributed by atoms with Crippen molar-refractivity contribution in [2.45, 2.75) is 39.3 Å². The number of fused-ring (bicyclic) bond motifs is 2. The van der Waals surface area contributed by atoms with Gasteiger partial charge in [0.1, 0.15) is 23.2 Å². The highest BCUT2D eigenvalue weighted by atomic mass is 16.6. The predicted octanol–water partition coefficient (Wildman–Crippen LogP) is 3.02. The molecule has 1 aliphatic heterocycles. The molecule has 1 N–H and O–H groups in total. The lowest BCUT2D eigenvalue weighted by Gasteiger charge is -2.23. The van der Waals surface area contributed by atoms with E-state index in [0.717, 1.165) is 24.5 Å². The normalized spacial score (nSPS) is 21.1. The molecule has 3 aromatic rings. The van der Waals surface area contributed by atoms with Crippen molar-refractivity contribution in [2.75, 3.05) is 24.6 Å². The lowest BCUT2D eigenvalue weighted by molar-refractivity contribution is 0.0518. The molecule has 4 heterocycles. The maximum atomic E-state index is 12.0. The molecule has 1 unspecified atom stereocenters. The van der Waals surface area contributed by atoms with E-state index in [1.807, 2.05) is 33.8 Å². The third-order valence-electron chi connectivity index (χ3n) is 6.13. The molecule has 0 spiro atoms. The molecule has 0 bridgehead atoms. The van der Waals surface area contributed by atoms with Crippen molar-refractivity contribution in [3.05, 3.63) is 36.4 Å². The summed E-state index contributed by atoms with van der Waals surface area (Å²) in [6.07, 6.45) is 6.40. The lowest BCUT2D eigenvalue weighted by atomic mass is 10.1. The first-order valence-electron chi connectivity index (χ1n) is 11.4. The first-order valence-corrected chi connectivity index (χ1v) is 11.4. The minimum Gasteiger partial charge on any atom is -0.492 e. The van der Waals surface area contributed by atoms with Crippen LogP contribution >= 0.6 is 0 Å². The number of rotatable bonds is 5. The van der Waals surface area contributed by atoms with Gasteiger partial charge in [-0.3, -0.25) is 4.98 Å².